The van der Waals surface area contributed by atoms with Gasteiger partial charge in [-0.2, -0.15) is 0 Å². The van der Waals surface area contributed by atoms with Gasteiger partial charge in [0.2, 0.25) is 0 Å². The molecular formula is C14H14ClIN2S. The molecule has 2 nitrogen and oxygen atoms in total. The topological polar surface area (TPSA) is 25.8 Å². The zero-order valence-corrected chi connectivity index (χ0v) is 14.3. The van der Waals surface area contributed by atoms with Gasteiger partial charge in [-0.25, -0.2) is 9.97 Å². The first-order chi connectivity index (χ1) is 9.20. The van der Waals surface area contributed by atoms with Crippen molar-refractivity contribution >= 4 is 46.0 Å². The third-order valence-electron chi connectivity index (χ3n) is 2.52. The molecule has 0 saturated carbocycles. The highest BCUT2D eigenvalue weighted by atomic mass is 127. The molecule has 100 valence electrons. The molecule has 0 spiro atoms. The van der Waals surface area contributed by atoms with Crippen LogP contribution in [0, 0.1) is 3.57 Å². The average Bonchev–Trinajstić information content (AvgIpc) is 2.43. The molecule has 0 aliphatic carbocycles. The van der Waals surface area contributed by atoms with Gasteiger partial charge in [0.05, 0.1) is 15.0 Å². The summed E-state index contributed by atoms with van der Waals surface area (Å²) < 4.78 is 0.981. The summed E-state index contributed by atoms with van der Waals surface area (Å²) in [5, 5.41) is 0.572. The quantitative estimate of drug-likeness (QED) is 0.399. The predicted octanol–water partition coefficient (Wildman–Crippen LogP) is 4.98. The highest BCUT2D eigenvalue weighted by Crippen LogP contribution is 2.24. The Bertz CT molecular complexity index is 549. The first-order valence-electron chi connectivity index (χ1n) is 6.09. The summed E-state index contributed by atoms with van der Waals surface area (Å²) in [5.41, 5.74) is 1.06. The van der Waals surface area contributed by atoms with Crippen LogP contribution in [0.15, 0.2) is 35.2 Å². The number of rotatable bonds is 5. The highest BCUT2D eigenvalue weighted by Gasteiger charge is 2.10. The monoisotopic (exact) mass is 404 g/mol. The SMILES string of the molecule is CCCc1nc(CSc2ccccc2)nc(Cl)c1I. The minimum absolute atomic E-state index is 0.572. The Morgan fingerprint density at radius 2 is 1.95 bits per heavy atom. The maximum Gasteiger partial charge on any atom is 0.146 e. The van der Waals surface area contributed by atoms with Gasteiger partial charge in [0.1, 0.15) is 11.0 Å². The Morgan fingerprint density at radius 3 is 2.63 bits per heavy atom. The number of aryl methyl sites for hydroxylation is 1. The van der Waals surface area contributed by atoms with Crippen LogP contribution in [0.5, 0.6) is 0 Å². The van der Waals surface area contributed by atoms with Crippen LogP contribution in [0.1, 0.15) is 24.9 Å². The molecular weight excluding hydrogens is 391 g/mol. The standard InChI is InChI=1S/C14H14ClIN2S/c1-2-6-11-13(16)14(15)18-12(17-11)9-19-10-7-4-3-5-8-10/h3-5,7-8H,2,6,9H2,1H3. The lowest BCUT2D eigenvalue weighted by atomic mass is 10.2. The van der Waals surface area contributed by atoms with E-state index in [1.165, 1.54) is 4.90 Å². The van der Waals surface area contributed by atoms with Crippen molar-refractivity contribution in [2.75, 3.05) is 0 Å². The molecule has 0 aliphatic rings. The number of thioether (sulfide) groups is 1. The maximum absolute atomic E-state index is 6.17. The zero-order chi connectivity index (χ0) is 13.7. The number of hydrogen-bond donors (Lipinski definition) is 0. The molecule has 0 aliphatic heterocycles. The number of halogens is 2. The van der Waals surface area contributed by atoms with E-state index < -0.39 is 0 Å². The van der Waals surface area contributed by atoms with E-state index in [4.69, 9.17) is 11.6 Å². The van der Waals surface area contributed by atoms with Crippen LogP contribution in [-0.4, -0.2) is 9.97 Å². The Kier molecular flexibility index (Phi) is 5.91. The van der Waals surface area contributed by atoms with Crippen molar-refractivity contribution < 1.29 is 0 Å². The van der Waals surface area contributed by atoms with Crippen LogP contribution in [0.2, 0.25) is 5.15 Å². The minimum Gasteiger partial charge on any atom is -0.236 e. The second kappa shape index (κ2) is 7.45. The molecule has 5 heteroatoms. The van der Waals surface area contributed by atoms with Crippen molar-refractivity contribution in [3.63, 3.8) is 0 Å². The van der Waals surface area contributed by atoms with Crippen molar-refractivity contribution in [2.24, 2.45) is 0 Å². The maximum atomic E-state index is 6.17. The van der Waals surface area contributed by atoms with E-state index in [1.807, 2.05) is 18.2 Å². The van der Waals surface area contributed by atoms with Crippen LogP contribution < -0.4 is 0 Å². The normalized spacial score (nSPS) is 10.7. The second-order valence-corrected chi connectivity index (χ2v) is 6.53. The van der Waals surface area contributed by atoms with Crippen molar-refractivity contribution in [1.29, 1.82) is 0 Å². The molecule has 0 N–H and O–H groups in total. The summed E-state index contributed by atoms with van der Waals surface area (Å²) in [4.78, 5) is 10.2. The molecule has 0 unspecified atom stereocenters. The lowest BCUT2D eigenvalue weighted by molar-refractivity contribution is 0.845. The van der Waals surface area contributed by atoms with E-state index in [0.717, 1.165) is 33.7 Å². The third-order valence-corrected chi connectivity index (χ3v) is 5.26. The average molecular weight is 405 g/mol. The Hall–Kier alpha value is -0.330. The van der Waals surface area contributed by atoms with E-state index in [0.29, 0.717) is 5.15 Å². The smallest absolute Gasteiger partial charge is 0.146 e. The van der Waals surface area contributed by atoms with Gasteiger partial charge in [-0.1, -0.05) is 43.1 Å². The van der Waals surface area contributed by atoms with Crippen LogP contribution in [-0.2, 0) is 12.2 Å². The minimum atomic E-state index is 0.572. The third kappa shape index (κ3) is 4.33. The largest absolute Gasteiger partial charge is 0.236 e. The Labute approximate surface area is 136 Å². The van der Waals surface area contributed by atoms with Gasteiger partial charge < -0.3 is 0 Å². The number of aromatic nitrogens is 2. The zero-order valence-electron chi connectivity index (χ0n) is 10.6. The first kappa shape index (κ1) is 15.1. The van der Waals surface area contributed by atoms with Gasteiger partial charge in [0.15, 0.2) is 0 Å². The van der Waals surface area contributed by atoms with E-state index in [1.54, 1.807) is 11.8 Å². The molecule has 1 aromatic heterocycles. The van der Waals surface area contributed by atoms with E-state index in [-0.39, 0.29) is 0 Å². The first-order valence-corrected chi connectivity index (χ1v) is 8.53. The Balaban J connectivity index is 2.12. The van der Waals surface area contributed by atoms with Gasteiger partial charge in [-0.05, 0) is 41.1 Å². The molecule has 1 heterocycles. The van der Waals surface area contributed by atoms with E-state index in [2.05, 4.69) is 51.6 Å². The highest BCUT2D eigenvalue weighted by molar-refractivity contribution is 14.1. The predicted molar refractivity (Wildman–Crippen MR) is 89.8 cm³/mol. The summed E-state index contributed by atoms with van der Waals surface area (Å²) in [6.07, 6.45) is 2.01. The summed E-state index contributed by atoms with van der Waals surface area (Å²) in [6, 6.07) is 10.3. The Morgan fingerprint density at radius 1 is 1.21 bits per heavy atom. The summed E-state index contributed by atoms with van der Waals surface area (Å²) in [7, 11) is 0. The molecule has 0 atom stereocenters. The van der Waals surface area contributed by atoms with Gasteiger partial charge in [-0.15, -0.1) is 11.8 Å². The van der Waals surface area contributed by atoms with Crippen molar-refractivity contribution in [3.8, 4) is 0 Å². The molecule has 2 rings (SSSR count). The van der Waals surface area contributed by atoms with Gasteiger partial charge in [-0.3, -0.25) is 0 Å². The summed E-state index contributed by atoms with van der Waals surface area (Å²) >= 11 is 10.1. The summed E-state index contributed by atoms with van der Waals surface area (Å²) in [5.74, 6) is 1.56. The van der Waals surface area contributed by atoms with Gasteiger partial charge >= 0.3 is 0 Å². The number of benzene rings is 1. The fraction of sp³-hybridized carbons (Fsp3) is 0.286. The lowest BCUT2D eigenvalue weighted by Gasteiger charge is -2.07. The molecule has 0 radical (unpaired) electrons. The molecule has 2 aromatic rings. The molecule has 0 saturated heterocycles. The van der Waals surface area contributed by atoms with Gasteiger partial charge in [0, 0.05) is 4.90 Å². The number of hydrogen-bond acceptors (Lipinski definition) is 3. The van der Waals surface area contributed by atoms with Crippen molar-refractivity contribution in [2.45, 2.75) is 30.4 Å². The fourth-order valence-corrected chi connectivity index (χ4v) is 3.13. The van der Waals surface area contributed by atoms with E-state index >= 15 is 0 Å². The summed E-state index contributed by atoms with van der Waals surface area (Å²) in [6.45, 7) is 2.14. The van der Waals surface area contributed by atoms with Crippen LogP contribution in [0.3, 0.4) is 0 Å². The van der Waals surface area contributed by atoms with Crippen LogP contribution in [0.25, 0.3) is 0 Å². The van der Waals surface area contributed by atoms with Gasteiger partial charge in [0.25, 0.3) is 0 Å². The van der Waals surface area contributed by atoms with Crippen molar-refractivity contribution in [1.82, 2.24) is 9.97 Å². The molecule has 0 fully saturated rings. The van der Waals surface area contributed by atoms with Crippen LogP contribution in [0.4, 0.5) is 0 Å². The lowest BCUT2D eigenvalue weighted by Crippen LogP contribution is -2.02. The van der Waals surface area contributed by atoms with Crippen molar-refractivity contribution in [3.05, 3.63) is 50.6 Å². The van der Waals surface area contributed by atoms with E-state index in [9.17, 15) is 0 Å². The molecule has 1 aromatic carbocycles. The second-order valence-electron chi connectivity index (χ2n) is 4.04. The fourth-order valence-electron chi connectivity index (χ4n) is 1.64. The molecule has 19 heavy (non-hydrogen) atoms. The number of nitrogens with zero attached hydrogens (tertiary/aromatic N) is 2. The molecule has 0 bridgehead atoms. The van der Waals surface area contributed by atoms with Crippen LogP contribution >= 0.6 is 46.0 Å². The molecule has 0 amide bonds.